The number of rotatable bonds is 12. The van der Waals surface area contributed by atoms with Crippen molar-refractivity contribution in [1.82, 2.24) is 0 Å². The first-order chi connectivity index (χ1) is 11.1. The first-order valence-corrected chi connectivity index (χ1v) is 8.80. The summed E-state index contributed by atoms with van der Waals surface area (Å²) in [5.74, 6) is 1.26. The van der Waals surface area contributed by atoms with E-state index in [2.05, 4.69) is 24.8 Å². The summed E-state index contributed by atoms with van der Waals surface area (Å²) in [5, 5.41) is 7.98. The quantitative estimate of drug-likeness (QED) is 0.306. The minimum Gasteiger partial charge on any atom is -0.462 e. The molecule has 0 unspecified atom stereocenters. The minimum absolute atomic E-state index is 0.154. The summed E-state index contributed by atoms with van der Waals surface area (Å²) in [5.41, 5.74) is 0. The molecular weight excluding hydrogens is 314 g/mol. The summed E-state index contributed by atoms with van der Waals surface area (Å²) in [6.07, 6.45) is 7.69. The molecule has 5 nitrogen and oxygen atoms in total. The van der Waals surface area contributed by atoms with E-state index in [0.29, 0.717) is 6.61 Å². The van der Waals surface area contributed by atoms with Gasteiger partial charge in [0.15, 0.2) is 0 Å². The number of nitrogens with zero attached hydrogens (tertiary/aromatic N) is 1. The highest BCUT2D eigenvalue weighted by Gasteiger charge is 1.95. The van der Waals surface area contributed by atoms with Crippen molar-refractivity contribution in [1.29, 1.82) is 5.26 Å². The number of unbranched alkanes of at least 4 members (excludes halogenated alkanes) is 3. The van der Waals surface area contributed by atoms with E-state index in [-0.39, 0.29) is 19.0 Å². The number of hydrogen-bond acceptors (Lipinski definition) is 6. The monoisotopic (exact) mass is 341 g/mol. The zero-order valence-electron chi connectivity index (χ0n) is 13.9. The highest BCUT2D eigenvalue weighted by Crippen LogP contribution is 2.07. The number of esters is 2. The van der Waals surface area contributed by atoms with Gasteiger partial charge in [0, 0.05) is 17.9 Å². The van der Waals surface area contributed by atoms with E-state index in [1.807, 2.05) is 17.8 Å². The molecule has 0 radical (unpaired) electrons. The molecule has 0 rings (SSSR count). The molecule has 0 aliphatic rings. The van der Waals surface area contributed by atoms with Gasteiger partial charge in [0.25, 0.3) is 0 Å². The highest BCUT2D eigenvalue weighted by atomic mass is 32.2. The molecule has 23 heavy (non-hydrogen) atoms. The molecule has 130 valence electrons. The minimum atomic E-state index is -0.481. The number of hydrogen-bond donors (Lipinski definition) is 0. The van der Waals surface area contributed by atoms with E-state index in [1.54, 1.807) is 0 Å². The second kappa shape index (κ2) is 20.3. The molecular formula is C17H27NO4S. The Morgan fingerprint density at radius 1 is 1.04 bits per heavy atom. The number of thioether (sulfide) groups is 1. The van der Waals surface area contributed by atoms with Crippen LogP contribution in [0.15, 0.2) is 25.3 Å². The van der Waals surface area contributed by atoms with E-state index in [4.69, 9.17) is 10.00 Å². The Balaban J connectivity index is 0. The van der Waals surface area contributed by atoms with Crippen LogP contribution in [0.3, 0.4) is 0 Å². The molecule has 0 atom stereocenters. The Kier molecular flexibility index (Phi) is 20.7. The average molecular weight is 341 g/mol. The Bertz CT molecular complexity index is 377. The lowest BCUT2D eigenvalue weighted by molar-refractivity contribution is -0.138. The largest absolute Gasteiger partial charge is 0.462 e. The maximum absolute atomic E-state index is 10.6. The summed E-state index contributed by atoms with van der Waals surface area (Å²) in [4.78, 5) is 20.9. The SMILES string of the molecule is C=CC(=O)OCCC#N.C=CC(=O)OCCSCCCCCC. The van der Waals surface area contributed by atoms with Gasteiger partial charge in [0.2, 0.25) is 0 Å². The van der Waals surface area contributed by atoms with Crippen molar-refractivity contribution in [2.75, 3.05) is 24.7 Å². The fraction of sp³-hybridized carbons (Fsp3) is 0.588. The maximum Gasteiger partial charge on any atom is 0.330 e. The molecule has 0 saturated carbocycles. The third-order valence-corrected chi connectivity index (χ3v) is 3.44. The first kappa shape index (κ1) is 23.5. The molecule has 6 heteroatoms. The summed E-state index contributed by atoms with van der Waals surface area (Å²) in [7, 11) is 0. The van der Waals surface area contributed by atoms with Crippen molar-refractivity contribution in [3.63, 3.8) is 0 Å². The molecule has 0 fully saturated rings. The van der Waals surface area contributed by atoms with Crippen molar-refractivity contribution in [2.45, 2.75) is 39.0 Å². The molecule has 0 aliphatic heterocycles. The van der Waals surface area contributed by atoms with Gasteiger partial charge in [-0.1, -0.05) is 39.3 Å². The second-order valence-corrected chi connectivity index (χ2v) is 5.55. The maximum atomic E-state index is 10.6. The molecule has 0 saturated heterocycles. The van der Waals surface area contributed by atoms with Crippen LogP contribution in [0, 0.1) is 11.3 Å². The summed E-state index contributed by atoms with van der Waals surface area (Å²) in [6, 6.07) is 1.84. The van der Waals surface area contributed by atoms with E-state index in [1.165, 1.54) is 37.5 Å². The fourth-order valence-corrected chi connectivity index (χ4v) is 2.06. The third-order valence-electron chi connectivity index (χ3n) is 2.41. The van der Waals surface area contributed by atoms with Crippen molar-refractivity contribution in [3.8, 4) is 6.07 Å². The van der Waals surface area contributed by atoms with E-state index >= 15 is 0 Å². The Morgan fingerprint density at radius 3 is 2.17 bits per heavy atom. The van der Waals surface area contributed by atoms with Crippen LogP contribution in [0.4, 0.5) is 0 Å². The number of ether oxygens (including phenoxy) is 2. The lowest BCUT2D eigenvalue weighted by atomic mass is 10.2. The zero-order valence-corrected chi connectivity index (χ0v) is 14.7. The van der Waals surface area contributed by atoms with Crippen LogP contribution in [-0.2, 0) is 19.1 Å². The van der Waals surface area contributed by atoms with E-state index in [9.17, 15) is 9.59 Å². The molecule has 0 amide bonds. The predicted molar refractivity (Wildman–Crippen MR) is 94.0 cm³/mol. The number of carbonyl (C=O) groups excluding carboxylic acids is 2. The first-order valence-electron chi connectivity index (χ1n) is 7.65. The summed E-state index contributed by atoms with van der Waals surface area (Å²) >= 11 is 1.84. The van der Waals surface area contributed by atoms with Crippen LogP contribution in [0.25, 0.3) is 0 Å². The van der Waals surface area contributed by atoms with Crippen molar-refractivity contribution in [3.05, 3.63) is 25.3 Å². The fourth-order valence-electron chi connectivity index (χ4n) is 1.25. The van der Waals surface area contributed by atoms with Gasteiger partial charge < -0.3 is 9.47 Å². The third kappa shape index (κ3) is 22.7. The van der Waals surface area contributed by atoms with Gasteiger partial charge in [-0.2, -0.15) is 17.0 Å². The predicted octanol–water partition coefficient (Wildman–Crippen LogP) is 3.66. The highest BCUT2D eigenvalue weighted by molar-refractivity contribution is 7.99. The molecule has 0 spiro atoms. The Labute approximate surface area is 143 Å². The smallest absolute Gasteiger partial charge is 0.330 e. The van der Waals surface area contributed by atoms with Gasteiger partial charge in [-0.15, -0.1) is 0 Å². The Hall–Kier alpha value is -1.74. The van der Waals surface area contributed by atoms with Crippen LogP contribution in [-0.4, -0.2) is 36.7 Å². The van der Waals surface area contributed by atoms with Gasteiger partial charge in [0.1, 0.15) is 13.2 Å². The molecule has 0 aromatic heterocycles. The van der Waals surface area contributed by atoms with Crippen LogP contribution in [0.1, 0.15) is 39.0 Å². The average Bonchev–Trinajstić information content (AvgIpc) is 2.57. The lowest BCUT2D eigenvalue weighted by Gasteiger charge is -2.02. The number of nitriles is 1. The van der Waals surface area contributed by atoms with E-state index < -0.39 is 5.97 Å². The lowest BCUT2D eigenvalue weighted by Crippen LogP contribution is -2.03. The van der Waals surface area contributed by atoms with Crippen molar-refractivity contribution in [2.24, 2.45) is 0 Å². The van der Waals surface area contributed by atoms with Gasteiger partial charge in [-0.3, -0.25) is 0 Å². The topological polar surface area (TPSA) is 76.4 Å². The van der Waals surface area contributed by atoms with Crippen molar-refractivity contribution < 1.29 is 19.1 Å². The Morgan fingerprint density at radius 2 is 1.65 bits per heavy atom. The van der Waals surface area contributed by atoms with Crippen LogP contribution in [0.2, 0.25) is 0 Å². The van der Waals surface area contributed by atoms with Gasteiger partial charge in [-0.05, 0) is 12.2 Å². The standard InChI is InChI=1S/C11H20O2S.C6H7NO2/c1-3-5-6-7-9-14-10-8-13-11(12)4-2;1-2-6(8)9-5-3-4-7/h4H,2-3,5-10H2,1H3;2H,1,3,5H2. The van der Waals surface area contributed by atoms with Gasteiger partial charge in [0.05, 0.1) is 12.5 Å². The molecule has 0 bridgehead atoms. The summed E-state index contributed by atoms with van der Waals surface area (Å²) < 4.78 is 9.29. The second-order valence-electron chi connectivity index (χ2n) is 4.32. The molecule has 0 heterocycles. The van der Waals surface area contributed by atoms with Crippen LogP contribution in [0.5, 0.6) is 0 Å². The normalized spacial score (nSPS) is 8.87. The van der Waals surface area contributed by atoms with E-state index in [0.717, 1.165) is 11.8 Å². The molecule has 0 aromatic rings. The molecule has 0 N–H and O–H groups in total. The van der Waals surface area contributed by atoms with Crippen LogP contribution >= 0.6 is 11.8 Å². The van der Waals surface area contributed by atoms with Gasteiger partial charge in [-0.25, -0.2) is 9.59 Å². The zero-order chi connectivity index (χ0) is 17.8. The summed E-state index contributed by atoms with van der Waals surface area (Å²) in [6.45, 7) is 9.38. The van der Waals surface area contributed by atoms with Crippen LogP contribution < -0.4 is 0 Å². The van der Waals surface area contributed by atoms with Gasteiger partial charge >= 0.3 is 11.9 Å². The molecule has 0 aromatic carbocycles. The number of carbonyl (C=O) groups is 2. The van der Waals surface area contributed by atoms with Crippen molar-refractivity contribution >= 4 is 23.7 Å². The molecule has 0 aliphatic carbocycles.